The van der Waals surface area contributed by atoms with Crippen molar-refractivity contribution in [2.45, 2.75) is 64.1 Å². The van der Waals surface area contributed by atoms with Crippen molar-refractivity contribution in [3.8, 4) is 0 Å². The van der Waals surface area contributed by atoms with E-state index in [1.165, 1.54) is 23.1 Å². The first-order chi connectivity index (χ1) is 22.1. The Morgan fingerprint density at radius 1 is 0.809 bits per heavy atom. The minimum Gasteiger partial charge on any atom is -0.350 e. The zero-order chi connectivity index (χ0) is 34.5. The number of hydrogen-bond acceptors (Lipinski definition) is 4. The first kappa shape index (κ1) is 36.3. The smallest absolute Gasteiger partial charge is 0.264 e. The van der Waals surface area contributed by atoms with E-state index in [0.29, 0.717) is 20.6 Å². The molecule has 0 heterocycles. The average molecular weight is 715 g/mol. The van der Waals surface area contributed by atoms with Crippen LogP contribution in [0, 0.1) is 13.8 Å². The van der Waals surface area contributed by atoms with Crippen molar-refractivity contribution in [3.63, 3.8) is 0 Å². The number of carbonyl (C=O) groups excluding carboxylic acids is 2. The molecule has 248 valence electrons. The Hall–Kier alpha value is -3.56. The Morgan fingerprint density at radius 3 is 2.00 bits per heavy atom. The number of nitrogens with one attached hydrogen (secondary N) is 1. The van der Waals surface area contributed by atoms with E-state index in [1.807, 2.05) is 58.0 Å². The lowest BCUT2D eigenvalue weighted by Crippen LogP contribution is -2.56. The SMILES string of the molecule is Cc1ccc(S(=O)(=O)N(CC(=O)N(Cc2c(Cl)cccc2Cl)[C@H](Cc2ccccc2)C(=O)NC(C)(C)C)c2ccc(C)c(Cl)c2)cc1. The van der Waals surface area contributed by atoms with E-state index < -0.39 is 40.0 Å². The minimum atomic E-state index is -4.28. The summed E-state index contributed by atoms with van der Waals surface area (Å²) in [6.07, 6.45) is 0.150. The molecule has 0 saturated heterocycles. The number of carbonyl (C=O) groups is 2. The molecule has 0 aromatic heterocycles. The van der Waals surface area contributed by atoms with Crippen molar-refractivity contribution >= 4 is 62.3 Å². The number of benzene rings is 4. The largest absolute Gasteiger partial charge is 0.350 e. The molecule has 11 heteroatoms. The molecule has 0 aliphatic carbocycles. The van der Waals surface area contributed by atoms with Crippen LogP contribution in [0.5, 0.6) is 0 Å². The van der Waals surface area contributed by atoms with Gasteiger partial charge in [-0.1, -0.05) is 95.0 Å². The number of hydrogen-bond donors (Lipinski definition) is 1. The zero-order valence-corrected chi connectivity index (χ0v) is 30.0. The Morgan fingerprint density at radius 2 is 1.43 bits per heavy atom. The van der Waals surface area contributed by atoms with Crippen molar-refractivity contribution in [1.82, 2.24) is 10.2 Å². The van der Waals surface area contributed by atoms with Crippen LogP contribution in [0.4, 0.5) is 5.69 Å². The molecule has 2 amide bonds. The van der Waals surface area contributed by atoms with Gasteiger partial charge in [-0.3, -0.25) is 13.9 Å². The fraction of sp³-hybridized carbons (Fsp3) is 0.278. The Kier molecular flexibility index (Phi) is 11.7. The van der Waals surface area contributed by atoms with E-state index in [-0.39, 0.29) is 23.5 Å². The van der Waals surface area contributed by atoms with E-state index in [0.717, 1.165) is 21.0 Å². The molecular formula is C36H38Cl3N3O4S. The van der Waals surface area contributed by atoms with E-state index >= 15 is 0 Å². The molecule has 1 atom stereocenters. The summed E-state index contributed by atoms with van der Waals surface area (Å²) in [6, 6.07) is 24.4. The summed E-state index contributed by atoms with van der Waals surface area (Å²) in [7, 11) is -4.28. The van der Waals surface area contributed by atoms with Crippen LogP contribution in [-0.2, 0) is 32.6 Å². The van der Waals surface area contributed by atoms with Gasteiger partial charge in [0.25, 0.3) is 10.0 Å². The van der Waals surface area contributed by atoms with Crippen LogP contribution in [0.15, 0.2) is 95.9 Å². The third-order valence-electron chi connectivity index (χ3n) is 7.49. The summed E-state index contributed by atoms with van der Waals surface area (Å²) in [5.74, 6) is -1.05. The fourth-order valence-electron chi connectivity index (χ4n) is 4.96. The second kappa shape index (κ2) is 15.1. The van der Waals surface area contributed by atoms with E-state index in [4.69, 9.17) is 34.8 Å². The zero-order valence-electron chi connectivity index (χ0n) is 26.9. The van der Waals surface area contributed by atoms with Crippen LogP contribution in [-0.4, -0.2) is 43.3 Å². The van der Waals surface area contributed by atoms with Crippen molar-refractivity contribution < 1.29 is 18.0 Å². The molecule has 0 saturated carbocycles. The van der Waals surface area contributed by atoms with Gasteiger partial charge in [0.2, 0.25) is 11.8 Å². The van der Waals surface area contributed by atoms with E-state index in [1.54, 1.807) is 49.4 Å². The molecule has 4 aromatic carbocycles. The summed E-state index contributed by atoms with van der Waals surface area (Å²) >= 11 is 19.6. The van der Waals surface area contributed by atoms with Crippen molar-refractivity contribution in [1.29, 1.82) is 0 Å². The van der Waals surface area contributed by atoms with Gasteiger partial charge in [-0.15, -0.1) is 0 Å². The van der Waals surface area contributed by atoms with Gasteiger partial charge >= 0.3 is 0 Å². The Balaban J connectivity index is 1.87. The van der Waals surface area contributed by atoms with Gasteiger partial charge < -0.3 is 10.2 Å². The van der Waals surface area contributed by atoms with Gasteiger partial charge in [-0.2, -0.15) is 0 Å². The van der Waals surface area contributed by atoms with E-state index in [2.05, 4.69) is 5.32 Å². The number of anilines is 1. The lowest BCUT2D eigenvalue weighted by Gasteiger charge is -2.35. The van der Waals surface area contributed by atoms with Crippen LogP contribution in [0.3, 0.4) is 0 Å². The standard InChI is InChI=1S/C36H38Cl3N3O4S/c1-24-14-18-28(19-15-24)47(45,46)42(27-17-16-25(2)32(39)21-27)23-34(43)41(22-29-30(37)12-9-13-31(29)38)33(35(44)40-36(3,4)5)20-26-10-7-6-8-11-26/h6-19,21,33H,20,22-23H2,1-5H3,(H,40,44)/t33-/m1/s1. The first-order valence-corrected chi connectivity index (χ1v) is 17.6. The molecule has 1 N–H and O–H groups in total. The molecule has 0 spiro atoms. The van der Waals surface area contributed by atoms with Gasteiger partial charge in [0.1, 0.15) is 12.6 Å². The van der Waals surface area contributed by atoms with Crippen LogP contribution < -0.4 is 9.62 Å². The van der Waals surface area contributed by atoms with Crippen LogP contribution in [0.1, 0.15) is 43.0 Å². The van der Waals surface area contributed by atoms with Crippen LogP contribution in [0.2, 0.25) is 15.1 Å². The van der Waals surface area contributed by atoms with Crippen molar-refractivity contribution in [3.05, 3.63) is 128 Å². The van der Waals surface area contributed by atoms with E-state index in [9.17, 15) is 18.0 Å². The number of halogens is 3. The maximum atomic E-state index is 14.7. The summed E-state index contributed by atoms with van der Waals surface area (Å²) in [6.45, 7) is 8.40. The predicted octanol–water partition coefficient (Wildman–Crippen LogP) is 8.01. The summed E-state index contributed by atoms with van der Waals surface area (Å²) in [5.41, 5.74) is 2.43. The highest BCUT2D eigenvalue weighted by Crippen LogP contribution is 2.31. The highest BCUT2D eigenvalue weighted by Gasteiger charge is 2.36. The summed E-state index contributed by atoms with van der Waals surface area (Å²) in [5, 5.41) is 3.95. The second-order valence-electron chi connectivity index (χ2n) is 12.4. The Labute approximate surface area is 292 Å². The van der Waals surface area contributed by atoms with Crippen LogP contribution >= 0.6 is 34.8 Å². The summed E-state index contributed by atoms with van der Waals surface area (Å²) in [4.78, 5) is 30.1. The fourth-order valence-corrected chi connectivity index (χ4v) is 7.06. The predicted molar refractivity (Wildman–Crippen MR) is 191 cm³/mol. The van der Waals surface area contributed by atoms with Gasteiger partial charge in [0, 0.05) is 39.1 Å². The molecule has 4 rings (SSSR count). The molecule has 47 heavy (non-hydrogen) atoms. The lowest BCUT2D eigenvalue weighted by molar-refractivity contribution is -0.140. The van der Waals surface area contributed by atoms with Gasteiger partial charge in [0.15, 0.2) is 0 Å². The molecule has 4 aromatic rings. The molecule has 0 aliphatic rings. The second-order valence-corrected chi connectivity index (χ2v) is 15.5. The normalized spacial score (nSPS) is 12.3. The Bertz CT molecular complexity index is 1820. The first-order valence-electron chi connectivity index (χ1n) is 15.0. The molecule has 0 aliphatic heterocycles. The monoisotopic (exact) mass is 713 g/mol. The van der Waals surface area contributed by atoms with Crippen LogP contribution in [0.25, 0.3) is 0 Å². The van der Waals surface area contributed by atoms with Crippen molar-refractivity contribution in [2.75, 3.05) is 10.8 Å². The minimum absolute atomic E-state index is 0.000364. The number of sulfonamides is 1. The number of aryl methyl sites for hydroxylation is 2. The highest BCUT2D eigenvalue weighted by molar-refractivity contribution is 7.92. The molecule has 7 nitrogen and oxygen atoms in total. The molecular weight excluding hydrogens is 677 g/mol. The molecule has 0 unspecified atom stereocenters. The number of rotatable bonds is 11. The molecule has 0 bridgehead atoms. The molecule has 0 radical (unpaired) electrons. The quantitative estimate of drug-likeness (QED) is 0.171. The topological polar surface area (TPSA) is 86.8 Å². The maximum absolute atomic E-state index is 14.7. The number of amides is 2. The van der Waals surface area contributed by atoms with Gasteiger partial charge in [0.05, 0.1) is 10.6 Å². The van der Waals surface area contributed by atoms with Gasteiger partial charge in [-0.05, 0) is 82.1 Å². The molecule has 0 fully saturated rings. The third-order valence-corrected chi connectivity index (χ3v) is 10.4. The van der Waals surface area contributed by atoms with Gasteiger partial charge in [-0.25, -0.2) is 8.42 Å². The lowest BCUT2D eigenvalue weighted by atomic mass is 10.0. The highest BCUT2D eigenvalue weighted by atomic mass is 35.5. The third kappa shape index (κ3) is 9.29. The van der Waals surface area contributed by atoms with Crippen molar-refractivity contribution in [2.24, 2.45) is 0 Å². The average Bonchev–Trinajstić information content (AvgIpc) is 3.00. The maximum Gasteiger partial charge on any atom is 0.264 e. The summed E-state index contributed by atoms with van der Waals surface area (Å²) < 4.78 is 29.5. The number of nitrogens with zero attached hydrogens (tertiary/aromatic N) is 2.